The van der Waals surface area contributed by atoms with E-state index in [0.717, 1.165) is 43.5 Å². The lowest BCUT2D eigenvalue weighted by molar-refractivity contribution is 0.114. The SMILES string of the molecule is CN=C(NCC1CCCO1)NCC(C)(C)c1ccc(Cl)cc1. The molecule has 1 saturated heterocycles. The van der Waals surface area contributed by atoms with Crippen molar-refractivity contribution >= 4 is 17.6 Å². The number of nitrogens with one attached hydrogen (secondary N) is 2. The molecule has 22 heavy (non-hydrogen) atoms. The first-order chi connectivity index (χ1) is 10.5. The summed E-state index contributed by atoms with van der Waals surface area (Å²) in [6.45, 7) is 6.88. The molecule has 0 spiro atoms. The van der Waals surface area contributed by atoms with Crippen molar-refractivity contribution < 1.29 is 4.74 Å². The summed E-state index contributed by atoms with van der Waals surface area (Å²) in [6.07, 6.45) is 2.59. The zero-order valence-corrected chi connectivity index (χ0v) is 14.4. The number of hydrogen-bond acceptors (Lipinski definition) is 2. The Morgan fingerprint density at radius 3 is 2.64 bits per heavy atom. The Bertz CT molecular complexity index is 493. The number of nitrogens with zero attached hydrogens (tertiary/aromatic N) is 1. The first-order valence-electron chi connectivity index (χ1n) is 7.83. The minimum atomic E-state index is -0.00787. The average molecular weight is 324 g/mol. The lowest BCUT2D eigenvalue weighted by Crippen LogP contribution is -2.45. The minimum Gasteiger partial charge on any atom is -0.376 e. The lowest BCUT2D eigenvalue weighted by Gasteiger charge is -2.27. The first-order valence-corrected chi connectivity index (χ1v) is 8.21. The molecule has 0 amide bonds. The second-order valence-corrected chi connectivity index (χ2v) is 6.77. The van der Waals surface area contributed by atoms with E-state index in [1.54, 1.807) is 7.05 Å². The molecule has 1 heterocycles. The number of rotatable bonds is 5. The monoisotopic (exact) mass is 323 g/mol. The third-order valence-corrected chi connectivity index (χ3v) is 4.32. The van der Waals surface area contributed by atoms with Gasteiger partial charge in [0.25, 0.3) is 0 Å². The highest BCUT2D eigenvalue weighted by Crippen LogP contribution is 2.23. The molecular weight excluding hydrogens is 298 g/mol. The van der Waals surface area contributed by atoms with Crippen LogP contribution in [-0.2, 0) is 10.2 Å². The van der Waals surface area contributed by atoms with E-state index in [-0.39, 0.29) is 5.41 Å². The van der Waals surface area contributed by atoms with Crippen LogP contribution in [-0.4, -0.2) is 38.8 Å². The van der Waals surface area contributed by atoms with Crippen LogP contribution in [0, 0.1) is 0 Å². The molecule has 1 fully saturated rings. The molecule has 5 heteroatoms. The molecule has 1 aliphatic heterocycles. The van der Waals surface area contributed by atoms with E-state index < -0.39 is 0 Å². The number of ether oxygens (including phenoxy) is 1. The van der Waals surface area contributed by atoms with Gasteiger partial charge in [-0.25, -0.2) is 0 Å². The summed E-state index contributed by atoms with van der Waals surface area (Å²) in [7, 11) is 1.79. The summed E-state index contributed by atoms with van der Waals surface area (Å²) in [4.78, 5) is 4.28. The fraction of sp³-hybridized carbons (Fsp3) is 0.588. The molecule has 1 unspecified atom stereocenters. The van der Waals surface area contributed by atoms with Crippen molar-refractivity contribution in [2.24, 2.45) is 4.99 Å². The summed E-state index contributed by atoms with van der Waals surface area (Å²) in [5.74, 6) is 0.817. The van der Waals surface area contributed by atoms with Gasteiger partial charge >= 0.3 is 0 Å². The molecule has 2 rings (SSSR count). The maximum absolute atomic E-state index is 5.96. The fourth-order valence-electron chi connectivity index (χ4n) is 2.54. The fourth-order valence-corrected chi connectivity index (χ4v) is 2.67. The number of aliphatic imine (C=N–C) groups is 1. The van der Waals surface area contributed by atoms with Crippen molar-refractivity contribution in [2.75, 3.05) is 26.7 Å². The van der Waals surface area contributed by atoms with Crippen LogP contribution in [0.5, 0.6) is 0 Å². The molecule has 0 aromatic heterocycles. The Kier molecular flexibility index (Phi) is 6.09. The zero-order valence-electron chi connectivity index (χ0n) is 13.7. The molecule has 4 nitrogen and oxygen atoms in total. The van der Waals surface area contributed by atoms with Crippen LogP contribution in [0.2, 0.25) is 5.02 Å². The van der Waals surface area contributed by atoms with Gasteiger partial charge in [0.15, 0.2) is 5.96 Å². The topological polar surface area (TPSA) is 45.7 Å². The van der Waals surface area contributed by atoms with Crippen LogP contribution in [0.4, 0.5) is 0 Å². The molecular formula is C17H26ClN3O. The van der Waals surface area contributed by atoms with Crippen molar-refractivity contribution in [3.63, 3.8) is 0 Å². The van der Waals surface area contributed by atoms with Crippen LogP contribution in [0.3, 0.4) is 0 Å². The Morgan fingerprint density at radius 1 is 1.32 bits per heavy atom. The van der Waals surface area contributed by atoms with Gasteiger partial charge in [-0.05, 0) is 30.5 Å². The molecule has 0 radical (unpaired) electrons. The van der Waals surface area contributed by atoms with Crippen LogP contribution >= 0.6 is 11.6 Å². The van der Waals surface area contributed by atoms with E-state index in [2.05, 4.69) is 41.6 Å². The standard InChI is InChI=1S/C17H26ClN3O/c1-17(2,13-6-8-14(18)9-7-13)12-21-16(19-3)20-11-15-5-4-10-22-15/h6-9,15H,4-5,10-12H2,1-3H3,(H2,19,20,21). The number of halogens is 1. The second kappa shape index (κ2) is 7.84. The van der Waals surface area contributed by atoms with Gasteiger partial charge in [0.2, 0.25) is 0 Å². The molecule has 1 aliphatic rings. The Hall–Kier alpha value is -1.26. The van der Waals surface area contributed by atoms with Crippen molar-refractivity contribution in [2.45, 2.75) is 38.2 Å². The normalized spacial score (nSPS) is 19.3. The van der Waals surface area contributed by atoms with Crippen molar-refractivity contribution in [1.29, 1.82) is 0 Å². The highest BCUT2D eigenvalue weighted by molar-refractivity contribution is 6.30. The molecule has 1 aromatic carbocycles. The summed E-state index contributed by atoms with van der Waals surface area (Å²) >= 11 is 5.96. The van der Waals surface area contributed by atoms with Crippen LogP contribution < -0.4 is 10.6 Å². The highest BCUT2D eigenvalue weighted by atomic mass is 35.5. The summed E-state index contributed by atoms with van der Waals surface area (Å²) in [6, 6.07) is 8.02. The van der Waals surface area contributed by atoms with E-state index >= 15 is 0 Å². The maximum Gasteiger partial charge on any atom is 0.191 e. The van der Waals surface area contributed by atoms with Crippen molar-refractivity contribution in [3.8, 4) is 0 Å². The lowest BCUT2D eigenvalue weighted by atomic mass is 9.85. The first kappa shape index (κ1) is 17.1. The largest absolute Gasteiger partial charge is 0.376 e. The van der Waals surface area contributed by atoms with Gasteiger partial charge in [-0.15, -0.1) is 0 Å². The van der Waals surface area contributed by atoms with Gasteiger partial charge in [-0.3, -0.25) is 4.99 Å². The predicted molar refractivity (Wildman–Crippen MR) is 92.8 cm³/mol. The van der Waals surface area contributed by atoms with E-state index in [4.69, 9.17) is 16.3 Å². The van der Waals surface area contributed by atoms with E-state index in [1.165, 1.54) is 5.56 Å². The van der Waals surface area contributed by atoms with Gasteiger partial charge in [0.05, 0.1) is 6.10 Å². The van der Waals surface area contributed by atoms with E-state index in [9.17, 15) is 0 Å². The summed E-state index contributed by atoms with van der Waals surface area (Å²) in [5, 5.41) is 7.50. The van der Waals surface area contributed by atoms with E-state index in [0.29, 0.717) is 6.10 Å². The van der Waals surface area contributed by atoms with Crippen molar-refractivity contribution in [1.82, 2.24) is 10.6 Å². The molecule has 0 saturated carbocycles. The van der Waals surface area contributed by atoms with Crippen molar-refractivity contribution in [3.05, 3.63) is 34.9 Å². The van der Waals surface area contributed by atoms with Gasteiger partial charge in [-0.2, -0.15) is 0 Å². The van der Waals surface area contributed by atoms with E-state index in [1.807, 2.05) is 12.1 Å². The average Bonchev–Trinajstić information content (AvgIpc) is 3.01. The number of guanidine groups is 1. The van der Waals surface area contributed by atoms with Gasteiger partial charge in [0.1, 0.15) is 0 Å². The quantitative estimate of drug-likeness (QED) is 0.647. The number of hydrogen-bond donors (Lipinski definition) is 2. The van der Waals surface area contributed by atoms with Crippen LogP contribution in [0.15, 0.2) is 29.3 Å². The summed E-state index contributed by atoms with van der Waals surface area (Å²) in [5.41, 5.74) is 1.24. The zero-order chi connectivity index (χ0) is 16.0. The second-order valence-electron chi connectivity index (χ2n) is 6.33. The van der Waals surface area contributed by atoms with Gasteiger partial charge in [0, 0.05) is 37.2 Å². The summed E-state index contributed by atoms with van der Waals surface area (Å²) < 4.78 is 5.62. The minimum absolute atomic E-state index is 0.00787. The third kappa shape index (κ3) is 4.89. The molecule has 0 aliphatic carbocycles. The molecule has 0 bridgehead atoms. The predicted octanol–water partition coefficient (Wildman–Crippen LogP) is 2.96. The van der Waals surface area contributed by atoms with Crippen LogP contribution in [0.25, 0.3) is 0 Å². The molecule has 1 atom stereocenters. The third-order valence-electron chi connectivity index (χ3n) is 4.07. The molecule has 1 aromatic rings. The van der Waals surface area contributed by atoms with Gasteiger partial charge < -0.3 is 15.4 Å². The number of benzene rings is 1. The Morgan fingerprint density at radius 2 is 2.05 bits per heavy atom. The highest BCUT2D eigenvalue weighted by Gasteiger charge is 2.21. The smallest absolute Gasteiger partial charge is 0.191 e. The Balaban J connectivity index is 1.84. The Labute approximate surface area is 138 Å². The maximum atomic E-state index is 5.96. The molecule has 2 N–H and O–H groups in total. The molecule has 122 valence electrons. The van der Waals surface area contributed by atoms with Crippen LogP contribution in [0.1, 0.15) is 32.3 Å². The van der Waals surface area contributed by atoms with Gasteiger partial charge in [-0.1, -0.05) is 37.6 Å².